The van der Waals surface area contributed by atoms with Gasteiger partial charge in [-0.25, -0.2) is 4.98 Å². The second-order valence-corrected chi connectivity index (χ2v) is 11.2. The third-order valence-electron chi connectivity index (χ3n) is 7.39. The van der Waals surface area contributed by atoms with E-state index in [0.29, 0.717) is 40.3 Å². The number of hydrogen-bond donors (Lipinski definition) is 0. The highest BCUT2D eigenvalue weighted by Crippen LogP contribution is 2.29. The molecule has 41 heavy (non-hydrogen) atoms. The first-order valence-corrected chi connectivity index (χ1v) is 14.7. The van der Waals surface area contributed by atoms with Crippen LogP contribution in [0, 0.1) is 4.64 Å². The van der Waals surface area contributed by atoms with Crippen LogP contribution in [0.3, 0.4) is 0 Å². The number of para-hydroxylation sites is 1. The van der Waals surface area contributed by atoms with Crippen molar-refractivity contribution in [2.75, 3.05) is 46.5 Å². The minimum atomic E-state index is -0.389. The fourth-order valence-electron chi connectivity index (χ4n) is 5.08. The topological polar surface area (TPSA) is 59.8 Å². The highest BCUT2D eigenvalue weighted by atomic mass is 35.5. The van der Waals surface area contributed by atoms with Gasteiger partial charge in [0.2, 0.25) is 5.91 Å². The number of hydrogen-bond acceptors (Lipinski definition) is 6. The minimum Gasteiger partial charge on any atom is -0.497 e. The smallest absolute Gasteiger partial charge is 0.227 e. The third kappa shape index (κ3) is 6.74. The molecule has 0 aliphatic carbocycles. The number of carbonyl (C=O) groups excluding carboxylic acids is 1. The molecule has 3 aromatic carbocycles. The quantitative estimate of drug-likeness (QED) is 0.201. The van der Waals surface area contributed by atoms with Crippen molar-refractivity contribution in [1.82, 2.24) is 19.4 Å². The first-order chi connectivity index (χ1) is 19.9. The number of halogens is 2. The Morgan fingerprint density at radius 1 is 1.07 bits per heavy atom. The Balaban J connectivity index is 1.56. The van der Waals surface area contributed by atoms with E-state index in [9.17, 15) is 4.79 Å². The first kappa shape index (κ1) is 29.5. The Hall–Kier alpha value is -3.01. The van der Waals surface area contributed by atoms with Crippen molar-refractivity contribution in [3.8, 4) is 11.4 Å². The second kappa shape index (κ2) is 13.3. The molecule has 1 aliphatic rings. The molecule has 0 bridgehead atoms. The van der Waals surface area contributed by atoms with Crippen LogP contribution in [-0.2, 0) is 16.0 Å². The number of fused-ring (bicyclic) bond motifs is 1. The maximum Gasteiger partial charge on any atom is 0.227 e. The van der Waals surface area contributed by atoms with Crippen molar-refractivity contribution in [3.63, 3.8) is 0 Å². The van der Waals surface area contributed by atoms with E-state index in [0.717, 1.165) is 47.5 Å². The molecule has 0 N–H and O–H groups in total. The van der Waals surface area contributed by atoms with Crippen LogP contribution in [0.4, 0.5) is 0 Å². The fourth-order valence-corrected chi connectivity index (χ4v) is 5.78. The number of benzene rings is 3. The Kier molecular flexibility index (Phi) is 9.57. The molecule has 1 aromatic heterocycles. The summed E-state index contributed by atoms with van der Waals surface area (Å²) in [6, 6.07) is 20.5. The largest absolute Gasteiger partial charge is 0.497 e. The van der Waals surface area contributed by atoms with Crippen LogP contribution in [0.15, 0.2) is 66.7 Å². The number of aromatic nitrogens is 2. The second-order valence-electron chi connectivity index (χ2n) is 9.97. The van der Waals surface area contributed by atoms with Gasteiger partial charge in [-0.15, -0.1) is 0 Å². The third-order valence-corrected chi connectivity index (χ3v) is 8.54. The molecule has 1 aliphatic heterocycles. The summed E-state index contributed by atoms with van der Waals surface area (Å²) in [7, 11) is 1.64. The van der Waals surface area contributed by atoms with Gasteiger partial charge in [-0.3, -0.25) is 14.3 Å². The molecule has 1 atom stereocenters. The van der Waals surface area contributed by atoms with Crippen molar-refractivity contribution >= 4 is 52.2 Å². The summed E-state index contributed by atoms with van der Waals surface area (Å²) in [6.45, 7) is 6.30. The Morgan fingerprint density at radius 2 is 1.80 bits per heavy atom. The number of morpholine rings is 1. The predicted molar refractivity (Wildman–Crippen MR) is 166 cm³/mol. The number of carbonyl (C=O) groups is 1. The van der Waals surface area contributed by atoms with Gasteiger partial charge in [0, 0.05) is 37.3 Å². The number of amides is 1. The summed E-state index contributed by atoms with van der Waals surface area (Å²) in [5, 5.41) is 1.75. The highest BCUT2D eigenvalue weighted by Gasteiger charge is 2.27. The lowest BCUT2D eigenvalue weighted by atomic mass is 10.1. The van der Waals surface area contributed by atoms with Gasteiger partial charge < -0.3 is 14.4 Å². The van der Waals surface area contributed by atoms with Crippen LogP contribution in [0.25, 0.3) is 16.6 Å². The van der Waals surface area contributed by atoms with Crippen molar-refractivity contribution in [2.45, 2.75) is 19.4 Å². The normalized spacial score (nSPS) is 14.6. The zero-order valence-corrected chi connectivity index (χ0v) is 25.4. The van der Waals surface area contributed by atoms with E-state index in [4.69, 9.17) is 49.9 Å². The van der Waals surface area contributed by atoms with E-state index < -0.39 is 0 Å². The van der Waals surface area contributed by atoms with Crippen LogP contribution < -0.4 is 4.74 Å². The lowest BCUT2D eigenvalue weighted by Crippen LogP contribution is -2.44. The number of ether oxygens (including phenoxy) is 2. The highest BCUT2D eigenvalue weighted by molar-refractivity contribution is 7.71. The molecule has 0 spiro atoms. The molecule has 10 heteroatoms. The SMILES string of the molecule is COc1ccc(-n2c(C(C)N(CCN3CCOCC3)C(=O)Cc3ccc(Cl)c(Cl)c3)nc3ccccc3c2=S)cc1. The van der Waals surface area contributed by atoms with Crippen LogP contribution in [-0.4, -0.2) is 71.8 Å². The Morgan fingerprint density at radius 3 is 2.51 bits per heavy atom. The predicted octanol–water partition coefficient (Wildman–Crippen LogP) is 6.53. The summed E-state index contributed by atoms with van der Waals surface area (Å²) in [4.78, 5) is 23.3. The summed E-state index contributed by atoms with van der Waals surface area (Å²) in [6.07, 6.45) is 0.182. The Labute approximate surface area is 255 Å². The molecular weight excluding hydrogens is 579 g/mol. The van der Waals surface area contributed by atoms with Crippen molar-refractivity contribution < 1.29 is 14.3 Å². The van der Waals surface area contributed by atoms with Gasteiger partial charge in [0.1, 0.15) is 16.2 Å². The summed E-state index contributed by atoms with van der Waals surface area (Å²) in [5.74, 6) is 1.39. The van der Waals surface area contributed by atoms with Crippen LogP contribution >= 0.6 is 35.4 Å². The monoisotopic (exact) mass is 610 g/mol. The number of methoxy groups -OCH3 is 1. The molecule has 1 amide bonds. The average molecular weight is 612 g/mol. The standard InChI is InChI=1S/C31H32Cl2N4O3S/c1-21(30-34-28-6-4-3-5-25(28)31(41)37(30)23-8-10-24(39-2)11-9-23)36(14-13-35-15-17-40-18-16-35)29(38)20-22-7-12-26(32)27(33)19-22/h3-12,19,21H,13-18,20H2,1-2H3. The van der Waals surface area contributed by atoms with E-state index in [1.54, 1.807) is 19.2 Å². The fraction of sp³-hybridized carbons (Fsp3) is 0.323. The lowest BCUT2D eigenvalue weighted by Gasteiger charge is -2.34. The first-order valence-electron chi connectivity index (χ1n) is 13.6. The van der Waals surface area contributed by atoms with Crippen molar-refractivity contribution in [2.24, 2.45) is 0 Å². The van der Waals surface area contributed by atoms with Crippen LogP contribution in [0.2, 0.25) is 10.0 Å². The maximum absolute atomic E-state index is 14.0. The minimum absolute atomic E-state index is 0.0358. The summed E-state index contributed by atoms with van der Waals surface area (Å²) in [5.41, 5.74) is 2.43. The molecule has 1 fully saturated rings. The van der Waals surface area contributed by atoms with Crippen molar-refractivity contribution in [1.29, 1.82) is 0 Å². The summed E-state index contributed by atoms with van der Waals surface area (Å²) < 4.78 is 13.5. The van der Waals surface area contributed by atoms with E-state index in [1.807, 2.05) is 71.0 Å². The molecule has 214 valence electrons. The maximum atomic E-state index is 14.0. The van der Waals surface area contributed by atoms with Gasteiger partial charge in [0.15, 0.2) is 0 Å². The van der Waals surface area contributed by atoms with Gasteiger partial charge in [-0.05, 0) is 61.0 Å². The van der Waals surface area contributed by atoms with Crippen LogP contribution in [0.5, 0.6) is 5.75 Å². The molecule has 5 rings (SSSR count). The lowest BCUT2D eigenvalue weighted by molar-refractivity contribution is -0.133. The van der Waals surface area contributed by atoms with E-state index in [2.05, 4.69) is 4.90 Å². The molecule has 7 nitrogen and oxygen atoms in total. The number of nitrogens with zero attached hydrogens (tertiary/aromatic N) is 4. The number of rotatable bonds is 9. The van der Waals surface area contributed by atoms with Gasteiger partial charge in [0.25, 0.3) is 0 Å². The zero-order valence-electron chi connectivity index (χ0n) is 23.1. The van der Waals surface area contributed by atoms with Crippen molar-refractivity contribution in [3.05, 3.63) is 92.8 Å². The molecule has 4 aromatic rings. The molecule has 1 unspecified atom stereocenters. The van der Waals surface area contributed by atoms with E-state index >= 15 is 0 Å². The van der Waals surface area contributed by atoms with Gasteiger partial charge in [-0.2, -0.15) is 0 Å². The molecular formula is C31H32Cl2N4O3S. The average Bonchev–Trinajstić information content (AvgIpc) is 2.99. The van der Waals surface area contributed by atoms with Gasteiger partial charge in [-0.1, -0.05) is 53.6 Å². The van der Waals surface area contributed by atoms with E-state index in [1.165, 1.54) is 0 Å². The van der Waals surface area contributed by atoms with Crippen LogP contribution in [0.1, 0.15) is 24.4 Å². The van der Waals surface area contributed by atoms with Gasteiger partial charge >= 0.3 is 0 Å². The Bertz CT molecular complexity index is 1590. The molecule has 0 radical (unpaired) electrons. The van der Waals surface area contributed by atoms with Gasteiger partial charge in [0.05, 0.1) is 48.3 Å². The summed E-state index contributed by atoms with van der Waals surface area (Å²) >= 11 is 18.4. The molecule has 1 saturated heterocycles. The van der Waals surface area contributed by atoms with E-state index in [-0.39, 0.29) is 18.4 Å². The molecule has 2 heterocycles. The molecule has 0 saturated carbocycles. The zero-order chi connectivity index (χ0) is 28.9.